The number of aliphatic imine (C=N–C) groups is 2. The Morgan fingerprint density at radius 2 is 2.07 bits per heavy atom. The minimum absolute atomic E-state index is 0.142. The van der Waals surface area contributed by atoms with Gasteiger partial charge in [0.15, 0.2) is 12.2 Å². The van der Waals surface area contributed by atoms with Crippen molar-refractivity contribution >= 4 is 42.0 Å². The van der Waals surface area contributed by atoms with Crippen LogP contribution in [0, 0.1) is 17.1 Å². The minimum Gasteiger partial charge on any atom is -0.465 e. The molecule has 4 N–H and O–H groups in total. The Bertz CT molecular complexity index is 1260. The van der Waals surface area contributed by atoms with E-state index in [-0.39, 0.29) is 55.5 Å². The molecule has 1 aromatic carbocycles. The number of carbonyl (C=O) groups excluding carboxylic acids is 2. The number of guanidine groups is 2. The van der Waals surface area contributed by atoms with Gasteiger partial charge in [-0.25, -0.2) is 19.2 Å². The summed E-state index contributed by atoms with van der Waals surface area (Å²) in [5.41, 5.74) is 6.76. The summed E-state index contributed by atoms with van der Waals surface area (Å²) in [5, 5.41) is 13.2. The Labute approximate surface area is 255 Å². The van der Waals surface area contributed by atoms with E-state index in [0.717, 1.165) is 25.0 Å². The highest BCUT2D eigenvalue weighted by Crippen LogP contribution is 2.22. The molecule has 44 heavy (non-hydrogen) atoms. The molecule has 1 aromatic rings. The lowest BCUT2D eigenvalue weighted by molar-refractivity contribution is -0.176. The van der Waals surface area contributed by atoms with Crippen LogP contribution < -0.4 is 11.1 Å². The lowest BCUT2D eigenvalue weighted by atomic mass is 10.0. The SMILES string of the molecule is C=N/C(=N\C=C(/C)c1cccc(COC(=O)NC(=N)N)c1F)N1CC(=NOCC(COC(=O)CC)COC2CCCCO2)C1. The maximum atomic E-state index is 15.1. The second-order valence-corrected chi connectivity index (χ2v) is 10.1. The first-order chi connectivity index (χ1) is 21.2. The molecule has 0 bridgehead atoms. The summed E-state index contributed by atoms with van der Waals surface area (Å²) in [6.07, 6.45) is 3.44. The third kappa shape index (κ3) is 11.0. The van der Waals surface area contributed by atoms with Crippen molar-refractivity contribution in [1.82, 2.24) is 10.2 Å². The van der Waals surface area contributed by atoms with Gasteiger partial charge in [-0.3, -0.25) is 15.5 Å². The van der Waals surface area contributed by atoms with E-state index in [1.54, 1.807) is 26.0 Å². The fourth-order valence-electron chi connectivity index (χ4n) is 4.10. The first-order valence-corrected chi connectivity index (χ1v) is 14.3. The summed E-state index contributed by atoms with van der Waals surface area (Å²) < 4.78 is 36.7. The Morgan fingerprint density at radius 3 is 2.75 bits per heavy atom. The van der Waals surface area contributed by atoms with Gasteiger partial charge in [-0.1, -0.05) is 30.3 Å². The van der Waals surface area contributed by atoms with Crippen molar-refractivity contribution in [1.29, 1.82) is 5.41 Å². The Morgan fingerprint density at radius 1 is 1.27 bits per heavy atom. The van der Waals surface area contributed by atoms with Crippen LogP contribution in [0.4, 0.5) is 9.18 Å². The number of ether oxygens (including phenoxy) is 4. The molecule has 2 aliphatic rings. The minimum atomic E-state index is -0.959. The second kappa shape index (κ2) is 17.7. The highest BCUT2D eigenvalue weighted by atomic mass is 19.1. The number of oxime groups is 1. The molecule has 0 radical (unpaired) electrons. The molecule has 14 nitrogen and oxygen atoms in total. The smallest absolute Gasteiger partial charge is 0.414 e. The van der Waals surface area contributed by atoms with Crippen LogP contribution in [0.1, 0.15) is 50.7 Å². The number of alkyl carbamates (subject to hydrolysis) is 1. The first-order valence-electron chi connectivity index (χ1n) is 14.3. The van der Waals surface area contributed by atoms with Gasteiger partial charge >= 0.3 is 12.1 Å². The van der Waals surface area contributed by atoms with Gasteiger partial charge < -0.3 is 34.4 Å². The average Bonchev–Trinajstić information content (AvgIpc) is 2.99. The summed E-state index contributed by atoms with van der Waals surface area (Å²) in [4.78, 5) is 38.9. The van der Waals surface area contributed by atoms with E-state index < -0.39 is 17.9 Å². The van der Waals surface area contributed by atoms with Gasteiger partial charge in [0, 0.05) is 30.4 Å². The number of halogens is 1. The number of nitrogens with one attached hydrogen (secondary N) is 2. The molecule has 240 valence electrons. The molecule has 2 unspecified atom stereocenters. The maximum Gasteiger partial charge on any atom is 0.414 e. The molecule has 3 rings (SSSR count). The molecule has 15 heteroatoms. The van der Waals surface area contributed by atoms with E-state index in [9.17, 15) is 9.59 Å². The molecule has 0 aliphatic carbocycles. The third-order valence-corrected chi connectivity index (χ3v) is 6.57. The lowest BCUT2D eigenvalue weighted by Crippen LogP contribution is -2.50. The second-order valence-electron chi connectivity index (χ2n) is 10.1. The molecule has 2 atom stereocenters. The number of carbonyl (C=O) groups is 2. The van der Waals surface area contributed by atoms with Crippen molar-refractivity contribution in [3.05, 3.63) is 41.3 Å². The number of allylic oxidation sites excluding steroid dienone is 1. The molecule has 2 saturated heterocycles. The number of esters is 1. The van der Waals surface area contributed by atoms with Crippen molar-refractivity contribution in [2.24, 2.45) is 26.8 Å². The molecular weight excluding hydrogens is 577 g/mol. The van der Waals surface area contributed by atoms with Gasteiger partial charge in [0.05, 0.1) is 37.9 Å². The predicted molar refractivity (Wildman–Crippen MR) is 162 cm³/mol. The highest BCUT2D eigenvalue weighted by Gasteiger charge is 2.26. The zero-order valence-electron chi connectivity index (χ0n) is 25.1. The monoisotopic (exact) mass is 617 g/mol. The zero-order valence-corrected chi connectivity index (χ0v) is 25.1. The number of nitrogens with two attached hydrogens (primary N) is 1. The maximum absolute atomic E-state index is 15.1. The molecule has 0 saturated carbocycles. The van der Waals surface area contributed by atoms with Crippen LogP contribution in [0.25, 0.3) is 5.57 Å². The number of benzene rings is 1. The first kappa shape index (κ1) is 34.1. The van der Waals surface area contributed by atoms with Gasteiger partial charge in [-0.2, -0.15) is 0 Å². The van der Waals surface area contributed by atoms with Crippen LogP contribution >= 0.6 is 0 Å². The Kier molecular flexibility index (Phi) is 13.7. The van der Waals surface area contributed by atoms with Crippen LogP contribution in [0.2, 0.25) is 0 Å². The van der Waals surface area contributed by atoms with Gasteiger partial charge in [0.25, 0.3) is 0 Å². The highest BCUT2D eigenvalue weighted by molar-refractivity contribution is 6.01. The van der Waals surface area contributed by atoms with E-state index >= 15 is 4.39 Å². The summed E-state index contributed by atoms with van der Waals surface area (Å²) in [6, 6.07) is 4.68. The summed E-state index contributed by atoms with van der Waals surface area (Å²) >= 11 is 0. The molecule has 0 spiro atoms. The fraction of sp³-hybridized carbons (Fsp3) is 0.517. The van der Waals surface area contributed by atoms with Gasteiger partial charge in [0.1, 0.15) is 19.0 Å². The number of amides is 1. The number of hydrogen-bond donors (Lipinski definition) is 3. The molecule has 0 aromatic heterocycles. The van der Waals surface area contributed by atoms with Crippen molar-refractivity contribution in [3.63, 3.8) is 0 Å². The summed E-state index contributed by atoms with van der Waals surface area (Å²) in [6.45, 7) is 8.82. The van der Waals surface area contributed by atoms with Crippen LogP contribution in [-0.4, -0.2) is 87.1 Å². The number of hydrogen-bond acceptors (Lipinski definition) is 10. The van der Waals surface area contributed by atoms with Crippen molar-refractivity contribution in [3.8, 4) is 0 Å². The topological polar surface area (TPSA) is 183 Å². The Hall–Kier alpha value is -4.37. The number of rotatable bonds is 13. The zero-order chi connectivity index (χ0) is 31.9. The van der Waals surface area contributed by atoms with Crippen molar-refractivity contribution in [2.45, 2.75) is 52.4 Å². The summed E-state index contributed by atoms with van der Waals surface area (Å²) in [7, 11) is 0. The Balaban J connectivity index is 1.52. The van der Waals surface area contributed by atoms with E-state index in [0.29, 0.717) is 37.8 Å². The molecular formula is C29H40FN7O7. The fourth-order valence-corrected chi connectivity index (χ4v) is 4.10. The molecule has 2 fully saturated rings. The number of nitrogens with zero attached hydrogens (tertiary/aromatic N) is 4. The van der Waals surface area contributed by atoms with E-state index in [2.05, 4.69) is 21.9 Å². The van der Waals surface area contributed by atoms with Crippen LogP contribution in [0.15, 0.2) is 39.5 Å². The van der Waals surface area contributed by atoms with E-state index in [1.165, 1.54) is 12.3 Å². The molecule has 1 amide bonds. The van der Waals surface area contributed by atoms with E-state index in [1.807, 2.05) is 10.2 Å². The molecule has 2 heterocycles. The van der Waals surface area contributed by atoms with Gasteiger partial charge in [-0.05, 0) is 38.5 Å². The van der Waals surface area contributed by atoms with Gasteiger partial charge in [0.2, 0.25) is 5.96 Å². The van der Waals surface area contributed by atoms with E-state index in [4.69, 9.17) is 34.9 Å². The third-order valence-electron chi connectivity index (χ3n) is 6.57. The summed E-state index contributed by atoms with van der Waals surface area (Å²) in [5.74, 6) is -1.33. The standard InChI is InChI=1S/C29H40FN7O7/c1-4-24(38)41-15-20(16-42-25-10-5-6-11-40-25)17-44-36-22-13-37(14-22)28(33-3)34-12-19(2)23-9-7-8-21(26(23)30)18-43-29(39)35-27(31)32/h7-9,12,20,25H,3-6,10-11,13-18H2,1-2H3,(H4,31,32,35,39)/b19-12+,34-28+. The van der Waals surface area contributed by atoms with Crippen LogP contribution in [0.3, 0.4) is 0 Å². The predicted octanol–water partition coefficient (Wildman–Crippen LogP) is 3.16. The van der Waals surface area contributed by atoms with Crippen LogP contribution in [0.5, 0.6) is 0 Å². The van der Waals surface area contributed by atoms with Crippen LogP contribution in [-0.2, 0) is 35.2 Å². The van der Waals surface area contributed by atoms with Crippen molar-refractivity contribution in [2.75, 3.05) is 39.5 Å². The normalized spacial score (nSPS) is 17.7. The molecule has 2 aliphatic heterocycles. The van der Waals surface area contributed by atoms with Crippen molar-refractivity contribution < 1.29 is 37.8 Å². The quantitative estimate of drug-likeness (QED) is 0.130. The largest absolute Gasteiger partial charge is 0.465 e. The number of likely N-dealkylation sites (tertiary alicyclic amines) is 1. The average molecular weight is 618 g/mol. The lowest BCUT2D eigenvalue weighted by Gasteiger charge is -2.32. The van der Waals surface area contributed by atoms with Gasteiger partial charge in [-0.15, -0.1) is 0 Å².